The zero-order valence-electron chi connectivity index (χ0n) is 5.52. The monoisotopic (exact) mass is 153 g/mol. The molecular weight excluding hydrogens is 142 g/mol. The van der Waals surface area contributed by atoms with Crippen molar-refractivity contribution in [2.75, 3.05) is 26.2 Å². The van der Waals surface area contributed by atoms with Crippen molar-refractivity contribution in [3.8, 4) is 0 Å². The van der Waals surface area contributed by atoms with Crippen molar-refractivity contribution in [1.29, 1.82) is 0 Å². The predicted molar refractivity (Wildman–Crippen MR) is 41.7 cm³/mol. The molecule has 0 N–H and O–H groups in total. The van der Waals surface area contributed by atoms with Crippen molar-refractivity contribution in [2.24, 2.45) is 0 Å². The second kappa shape index (κ2) is 4.48. The minimum atomic E-state index is 0.469. The molecule has 0 aromatic rings. The molecule has 0 spiro atoms. The summed E-state index contributed by atoms with van der Waals surface area (Å²) < 4.78 is 0. The Morgan fingerprint density at radius 2 is 2.12 bits per heavy atom. The Morgan fingerprint density at radius 3 is 2.12 bits per heavy atom. The van der Waals surface area contributed by atoms with Crippen LogP contribution >= 0.6 is 23.4 Å². The van der Waals surface area contributed by atoms with Gasteiger partial charge in [-0.3, -0.25) is 4.90 Å². The first-order valence-corrected chi connectivity index (χ1v) is 4.29. The van der Waals surface area contributed by atoms with Gasteiger partial charge in [-0.2, -0.15) is 0 Å². The van der Waals surface area contributed by atoms with Crippen LogP contribution in [0.5, 0.6) is 0 Å². The molecule has 0 unspecified atom stereocenters. The van der Waals surface area contributed by atoms with E-state index < -0.39 is 0 Å². The molecule has 0 aliphatic heterocycles. The highest BCUT2D eigenvalue weighted by Gasteiger charge is 2.05. The fourth-order valence-electron chi connectivity index (χ4n) is 0.412. The Kier molecular flexibility index (Phi) is 4.81. The van der Waals surface area contributed by atoms with Gasteiger partial charge in [0, 0.05) is 5.88 Å². The summed E-state index contributed by atoms with van der Waals surface area (Å²) in [4.78, 5) is 2.11. The Balaban J connectivity index is 3.35. The van der Waals surface area contributed by atoms with Crippen LogP contribution in [0.15, 0.2) is 0 Å². The lowest BCUT2D eigenvalue weighted by molar-refractivity contribution is 0.406. The Hall–Kier alpha value is 0.600. The zero-order chi connectivity index (χ0) is 6.57. The van der Waals surface area contributed by atoms with Crippen LogP contribution in [0.25, 0.3) is 0 Å². The van der Waals surface area contributed by atoms with E-state index in [9.17, 15) is 0 Å². The second-order valence-electron chi connectivity index (χ2n) is 1.81. The summed E-state index contributed by atoms with van der Waals surface area (Å²) in [5.74, 6) is 0.703. The lowest BCUT2D eigenvalue weighted by Crippen LogP contribution is -2.25. The van der Waals surface area contributed by atoms with Gasteiger partial charge in [0.15, 0.2) is 0 Å². The fraction of sp³-hybridized carbons (Fsp3) is 1.00. The summed E-state index contributed by atoms with van der Waals surface area (Å²) in [5.41, 5.74) is 0. The first-order chi connectivity index (χ1) is 3.72. The number of alkyl halides is 1. The van der Waals surface area contributed by atoms with Crippen molar-refractivity contribution in [3.63, 3.8) is 0 Å². The van der Waals surface area contributed by atoms with Crippen LogP contribution in [0.2, 0.25) is 0 Å². The highest BCUT2D eigenvalue weighted by molar-refractivity contribution is 7.99. The summed E-state index contributed by atoms with van der Waals surface area (Å²) in [5, 5.41) is 0.469. The third kappa shape index (κ3) is 2.80. The van der Waals surface area contributed by atoms with E-state index in [1.54, 1.807) is 11.8 Å². The topological polar surface area (TPSA) is 3.24 Å². The van der Waals surface area contributed by atoms with Crippen molar-refractivity contribution in [3.05, 3.63) is 0 Å². The molecule has 0 saturated heterocycles. The van der Waals surface area contributed by atoms with E-state index in [0.717, 1.165) is 0 Å². The van der Waals surface area contributed by atoms with Crippen molar-refractivity contribution in [2.45, 2.75) is 5.37 Å². The summed E-state index contributed by atoms with van der Waals surface area (Å²) in [7, 11) is 4.06. The molecule has 0 aliphatic carbocycles. The molecule has 50 valence electrons. The molecule has 0 radical (unpaired) electrons. The van der Waals surface area contributed by atoms with Gasteiger partial charge in [-0.25, -0.2) is 0 Å². The Morgan fingerprint density at radius 1 is 1.62 bits per heavy atom. The van der Waals surface area contributed by atoms with Gasteiger partial charge in [0.1, 0.15) is 0 Å². The van der Waals surface area contributed by atoms with Gasteiger partial charge in [-0.1, -0.05) is 0 Å². The molecule has 3 heteroatoms. The van der Waals surface area contributed by atoms with Crippen molar-refractivity contribution < 1.29 is 0 Å². The normalized spacial score (nSPS) is 14.6. The number of hydrogen-bond acceptors (Lipinski definition) is 2. The van der Waals surface area contributed by atoms with E-state index in [0.29, 0.717) is 11.3 Å². The van der Waals surface area contributed by atoms with E-state index in [1.807, 2.05) is 14.1 Å². The maximum absolute atomic E-state index is 5.60. The SMILES string of the molecule is CS[C@@H](CCl)N(C)C. The molecule has 0 aromatic carbocycles. The molecule has 1 nitrogen and oxygen atoms in total. The van der Waals surface area contributed by atoms with Gasteiger partial charge in [-0.05, 0) is 20.4 Å². The van der Waals surface area contributed by atoms with Crippen LogP contribution < -0.4 is 0 Å². The summed E-state index contributed by atoms with van der Waals surface area (Å²) in [6, 6.07) is 0. The van der Waals surface area contributed by atoms with E-state index in [4.69, 9.17) is 11.6 Å². The van der Waals surface area contributed by atoms with E-state index in [-0.39, 0.29) is 0 Å². The van der Waals surface area contributed by atoms with E-state index >= 15 is 0 Å². The van der Waals surface area contributed by atoms with Crippen LogP contribution in [0.4, 0.5) is 0 Å². The third-order valence-corrected chi connectivity index (χ3v) is 2.59. The maximum Gasteiger partial charge on any atom is 0.0686 e. The zero-order valence-corrected chi connectivity index (χ0v) is 7.09. The van der Waals surface area contributed by atoms with E-state index in [1.165, 1.54) is 0 Å². The smallest absolute Gasteiger partial charge is 0.0686 e. The highest BCUT2D eigenvalue weighted by Crippen LogP contribution is 2.09. The molecule has 0 amide bonds. The first kappa shape index (κ1) is 8.60. The second-order valence-corrected chi connectivity index (χ2v) is 3.13. The average Bonchev–Trinajstić information content (AvgIpc) is 1.69. The highest BCUT2D eigenvalue weighted by atomic mass is 35.5. The van der Waals surface area contributed by atoms with Crippen LogP contribution in [-0.4, -0.2) is 36.5 Å². The Bertz CT molecular complexity index is 54.4. The van der Waals surface area contributed by atoms with Gasteiger partial charge in [-0.15, -0.1) is 23.4 Å². The van der Waals surface area contributed by atoms with Gasteiger partial charge >= 0.3 is 0 Å². The minimum absolute atomic E-state index is 0.469. The van der Waals surface area contributed by atoms with Crippen molar-refractivity contribution >= 4 is 23.4 Å². The van der Waals surface area contributed by atoms with Crippen LogP contribution in [0.3, 0.4) is 0 Å². The average molecular weight is 154 g/mol. The molecule has 0 bridgehead atoms. The van der Waals surface area contributed by atoms with Gasteiger partial charge in [0.2, 0.25) is 0 Å². The number of halogens is 1. The minimum Gasteiger partial charge on any atom is -0.297 e. The standard InChI is InChI=1S/C5H12ClNS/c1-7(2)5(4-6)8-3/h5H,4H2,1-3H3/t5-/m0/s1. The predicted octanol–water partition coefficient (Wildman–Crippen LogP) is 1.48. The number of thioether (sulfide) groups is 1. The maximum atomic E-state index is 5.60. The largest absolute Gasteiger partial charge is 0.297 e. The molecule has 0 heterocycles. The number of rotatable bonds is 3. The van der Waals surface area contributed by atoms with E-state index in [2.05, 4.69) is 11.2 Å². The summed E-state index contributed by atoms with van der Waals surface area (Å²) in [6.07, 6.45) is 2.06. The summed E-state index contributed by atoms with van der Waals surface area (Å²) >= 11 is 7.37. The molecule has 0 saturated carbocycles. The fourth-order valence-corrected chi connectivity index (χ4v) is 1.61. The van der Waals surface area contributed by atoms with Gasteiger partial charge < -0.3 is 0 Å². The molecule has 0 fully saturated rings. The molecule has 0 rings (SSSR count). The lowest BCUT2D eigenvalue weighted by atomic mass is 10.7. The quantitative estimate of drug-likeness (QED) is 0.447. The third-order valence-electron chi connectivity index (χ3n) is 0.980. The number of nitrogens with zero attached hydrogens (tertiary/aromatic N) is 1. The molecule has 8 heavy (non-hydrogen) atoms. The van der Waals surface area contributed by atoms with Gasteiger partial charge in [0.05, 0.1) is 5.37 Å². The van der Waals surface area contributed by atoms with Crippen LogP contribution in [0, 0.1) is 0 Å². The molecular formula is C5H12ClNS. The first-order valence-electron chi connectivity index (χ1n) is 2.47. The Labute approximate surface area is 60.4 Å². The van der Waals surface area contributed by atoms with Crippen LogP contribution in [-0.2, 0) is 0 Å². The number of hydrogen-bond donors (Lipinski definition) is 0. The molecule has 1 atom stereocenters. The lowest BCUT2D eigenvalue weighted by Gasteiger charge is -2.18. The molecule has 0 aromatic heterocycles. The summed E-state index contributed by atoms with van der Waals surface area (Å²) in [6.45, 7) is 0. The molecule has 0 aliphatic rings. The van der Waals surface area contributed by atoms with Crippen molar-refractivity contribution in [1.82, 2.24) is 4.90 Å². The van der Waals surface area contributed by atoms with Crippen LogP contribution in [0.1, 0.15) is 0 Å². The van der Waals surface area contributed by atoms with Gasteiger partial charge in [0.25, 0.3) is 0 Å².